The van der Waals surface area contributed by atoms with Gasteiger partial charge in [-0.15, -0.1) is 0 Å². The summed E-state index contributed by atoms with van der Waals surface area (Å²) in [5.41, 5.74) is 0. The lowest BCUT2D eigenvalue weighted by Crippen LogP contribution is -2.45. The highest BCUT2D eigenvalue weighted by atomic mass is 31.2. The van der Waals surface area contributed by atoms with Crippen LogP contribution in [0.3, 0.4) is 0 Å². The van der Waals surface area contributed by atoms with E-state index in [0.29, 0.717) is 17.4 Å². The zero-order valence-corrected chi connectivity index (χ0v) is 38.3. The highest BCUT2D eigenvalue weighted by molar-refractivity contribution is 7.47. The fraction of sp³-hybridized carbons (Fsp3) is 0.540. The number of hydrogen-bond donors (Lipinski definition) is 3. The number of unbranched alkanes of at least 4 members (excludes halogenated alkanes) is 4. The Hall–Kier alpha value is -3.36. The molecular weight excluding hydrogens is 756 g/mol. The molecule has 1 amide bonds. The van der Waals surface area contributed by atoms with Crippen LogP contribution in [-0.4, -0.2) is 73.4 Å². The van der Waals surface area contributed by atoms with E-state index in [9.17, 15) is 19.4 Å². The molecule has 0 spiro atoms. The van der Waals surface area contributed by atoms with E-state index in [1.165, 1.54) is 0 Å². The summed E-state index contributed by atoms with van der Waals surface area (Å²) in [6.45, 7) is 4.46. The number of nitrogens with zero attached hydrogens (tertiary/aromatic N) is 1. The largest absolute Gasteiger partial charge is 0.472 e. The van der Waals surface area contributed by atoms with Crippen LogP contribution in [0, 0.1) is 0 Å². The molecule has 9 heteroatoms. The third kappa shape index (κ3) is 42.6. The summed E-state index contributed by atoms with van der Waals surface area (Å²) in [5.74, 6) is -0.237. The monoisotopic (exact) mass is 838 g/mol. The van der Waals surface area contributed by atoms with Gasteiger partial charge in [-0.3, -0.25) is 13.8 Å². The number of carbonyl (C=O) groups excluding carboxylic acids is 1. The summed E-state index contributed by atoms with van der Waals surface area (Å²) >= 11 is 0. The molecule has 0 heterocycles. The van der Waals surface area contributed by atoms with Gasteiger partial charge in [-0.2, -0.15) is 0 Å². The van der Waals surface area contributed by atoms with E-state index in [1.807, 2.05) is 27.2 Å². The van der Waals surface area contributed by atoms with E-state index in [-0.39, 0.29) is 25.5 Å². The summed E-state index contributed by atoms with van der Waals surface area (Å²) in [7, 11) is 1.51. The number of phosphoric ester groups is 1. The topological polar surface area (TPSA) is 105 Å². The van der Waals surface area contributed by atoms with Gasteiger partial charge in [0.15, 0.2) is 0 Å². The van der Waals surface area contributed by atoms with Crippen molar-refractivity contribution in [2.75, 3.05) is 40.9 Å². The summed E-state index contributed by atoms with van der Waals surface area (Å²) in [4.78, 5) is 22.8. The SMILES string of the molecule is CC/C=C\C/C=C\C/C=C\C/C=C\C/C=C\C/C=C\C/C=C\C/C=C\C/C=C\C/C=C\CCCCC(=O)NC(COP(=O)(O)OCC[N+](C)(C)C)C(O)/C=C/CCCC. The van der Waals surface area contributed by atoms with Crippen molar-refractivity contribution in [2.24, 2.45) is 0 Å². The maximum absolute atomic E-state index is 12.7. The number of hydrogen-bond acceptors (Lipinski definition) is 5. The minimum Gasteiger partial charge on any atom is -0.387 e. The van der Waals surface area contributed by atoms with Crippen LogP contribution in [0.15, 0.2) is 134 Å². The normalized spacial score (nSPS) is 15.6. The van der Waals surface area contributed by atoms with Crippen molar-refractivity contribution in [1.29, 1.82) is 0 Å². The van der Waals surface area contributed by atoms with E-state index in [2.05, 4.69) is 141 Å². The molecule has 0 saturated carbocycles. The van der Waals surface area contributed by atoms with Crippen molar-refractivity contribution in [3.8, 4) is 0 Å². The second-order valence-corrected chi connectivity index (χ2v) is 16.8. The van der Waals surface area contributed by atoms with Crippen LogP contribution in [0.1, 0.15) is 123 Å². The zero-order valence-electron chi connectivity index (χ0n) is 37.4. The Morgan fingerprint density at radius 3 is 1.41 bits per heavy atom. The Morgan fingerprint density at radius 1 is 0.593 bits per heavy atom. The average Bonchev–Trinajstić information content (AvgIpc) is 3.19. The van der Waals surface area contributed by atoms with Gasteiger partial charge in [-0.25, -0.2) is 4.57 Å². The molecule has 3 unspecified atom stereocenters. The number of quaternary nitrogens is 1. The predicted octanol–water partition coefficient (Wildman–Crippen LogP) is 12.5. The van der Waals surface area contributed by atoms with E-state index in [0.717, 1.165) is 96.3 Å². The third-order valence-electron chi connectivity index (χ3n) is 8.63. The smallest absolute Gasteiger partial charge is 0.387 e. The van der Waals surface area contributed by atoms with E-state index >= 15 is 0 Å². The molecule has 0 aliphatic heterocycles. The molecule has 8 nitrogen and oxygen atoms in total. The quantitative estimate of drug-likeness (QED) is 0.0249. The molecule has 0 rings (SSSR count). The number of rotatable bonds is 37. The molecule has 59 heavy (non-hydrogen) atoms. The molecule has 0 bridgehead atoms. The molecule has 0 aromatic heterocycles. The highest BCUT2D eigenvalue weighted by Crippen LogP contribution is 2.43. The van der Waals surface area contributed by atoms with Crippen LogP contribution in [0.25, 0.3) is 0 Å². The van der Waals surface area contributed by atoms with Crippen molar-refractivity contribution >= 4 is 13.7 Å². The summed E-state index contributed by atoms with van der Waals surface area (Å²) in [5, 5.41) is 13.5. The van der Waals surface area contributed by atoms with Crippen molar-refractivity contribution in [3.05, 3.63) is 134 Å². The molecule has 0 fully saturated rings. The lowest BCUT2D eigenvalue weighted by molar-refractivity contribution is -0.870. The number of phosphoric acid groups is 1. The van der Waals surface area contributed by atoms with E-state index < -0.39 is 20.0 Å². The number of aliphatic hydroxyl groups is 1. The van der Waals surface area contributed by atoms with Gasteiger partial charge in [0, 0.05) is 6.42 Å². The Morgan fingerprint density at radius 2 is 1.00 bits per heavy atom. The van der Waals surface area contributed by atoms with Gasteiger partial charge >= 0.3 is 7.82 Å². The number of carbonyl (C=O) groups is 1. The number of allylic oxidation sites excluding steroid dienone is 21. The van der Waals surface area contributed by atoms with Gasteiger partial charge in [0.25, 0.3) is 0 Å². The molecule has 0 aromatic rings. The van der Waals surface area contributed by atoms with Gasteiger partial charge in [-0.1, -0.05) is 160 Å². The minimum atomic E-state index is -4.34. The molecule has 0 saturated heterocycles. The Labute approximate surface area is 360 Å². The van der Waals surface area contributed by atoms with Crippen molar-refractivity contribution < 1.29 is 32.9 Å². The second kappa shape index (κ2) is 40.1. The van der Waals surface area contributed by atoms with Gasteiger partial charge in [0.1, 0.15) is 13.2 Å². The van der Waals surface area contributed by atoms with Crippen LogP contribution in [-0.2, 0) is 18.4 Å². The first-order chi connectivity index (χ1) is 28.5. The molecule has 3 N–H and O–H groups in total. The van der Waals surface area contributed by atoms with Crippen LogP contribution < -0.4 is 5.32 Å². The summed E-state index contributed by atoms with van der Waals surface area (Å²) < 4.78 is 23.2. The van der Waals surface area contributed by atoms with E-state index in [4.69, 9.17) is 9.05 Å². The van der Waals surface area contributed by atoms with Gasteiger partial charge < -0.3 is 19.8 Å². The first-order valence-electron chi connectivity index (χ1n) is 22.1. The molecule has 0 radical (unpaired) electrons. The lowest BCUT2D eigenvalue weighted by atomic mass is 10.1. The number of aliphatic hydroxyl groups excluding tert-OH is 1. The average molecular weight is 838 g/mol. The maximum Gasteiger partial charge on any atom is 0.472 e. The first kappa shape index (κ1) is 55.6. The predicted molar refractivity (Wildman–Crippen MR) is 253 cm³/mol. The molecule has 0 aliphatic rings. The fourth-order valence-electron chi connectivity index (χ4n) is 5.11. The Bertz CT molecular complexity index is 1410. The van der Waals surface area contributed by atoms with Crippen LogP contribution in [0.2, 0.25) is 0 Å². The Balaban J connectivity index is 4.14. The fourth-order valence-corrected chi connectivity index (χ4v) is 5.85. The lowest BCUT2D eigenvalue weighted by Gasteiger charge is -2.25. The van der Waals surface area contributed by atoms with E-state index in [1.54, 1.807) is 6.08 Å². The van der Waals surface area contributed by atoms with Gasteiger partial charge in [0.05, 0.1) is 39.9 Å². The van der Waals surface area contributed by atoms with Crippen LogP contribution >= 0.6 is 7.82 Å². The summed E-state index contributed by atoms with van der Waals surface area (Å²) in [6.07, 6.45) is 61.7. The number of amides is 1. The highest BCUT2D eigenvalue weighted by Gasteiger charge is 2.27. The zero-order chi connectivity index (χ0) is 43.6. The molecule has 0 aliphatic carbocycles. The number of nitrogens with one attached hydrogen (secondary N) is 1. The van der Waals surface area contributed by atoms with Gasteiger partial charge in [-0.05, 0) is 89.9 Å². The number of likely N-dealkylation sites (N-methyl/N-ethyl adjacent to an activating group) is 1. The van der Waals surface area contributed by atoms with Crippen molar-refractivity contribution in [1.82, 2.24) is 5.32 Å². The van der Waals surface area contributed by atoms with Crippen molar-refractivity contribution in [2.45, 2.75) is 135 Å². The summed E-state index contributed by atoms with van der Waals surface area (Å²) in [6, 6.07) is -0.875. The second-order valence-electron chi connectivity index (χ2n) is 15.3. The molecule has 3 atom stereocenters. The van der Waals surface area contributed by atoms with Crippen LogP contribution in [0.5, 0.6) is 0 Å². The van der Waals surface area contributed by atoms with Crippen molar-refractivity contribution in [3.63, 3.8) is 0 Å². The molecular formula is C50H82N2O6P+. The Kier molecular flexibility index (Phi) is 37.8. The first-order valence-corrected chi connectivity index (χ1v) is 23.6. The molecule has 332 valence electrons. The standard InChI is InChI=1S/C50H81N2O6P/c1-6-8-10-12-13-14-15-16-17-18-19-20-21-22-23-24-25-26-27-28-29-30-31-32-33-34-35-36-37-38-39-40-42-44-50(54)51-48(49(53)43-41-11-9-7-2)47-58-59(55,56)57-46-45-52(3,4)5/h8,10,13-14,16-17,19-20,22-23,25-26,28-29,31-32,34-35,37-38,41,43,48-49,53H,6-7,9,11-12,15,18,21,24,27,30,33,36,39-40,42,44-47H2,1-5H3,(H-,51,54,55,56)/p+1/b10-8-,14-13-,17-16-,20-19-,23-22-,26-25-,29-28-,32-31-,35-34-,38-37-,43-41+. The third-order valence-corrected chi connectivity index (χ3v) is 9.61. The van der Waals surface area contributed by atoms with Gasteiger partial charge in [0.2, 0.25) is 5.91 Å². The van der Waals surface area contributed by atoms with Crippen LogP contribution in [0.4, 0.5) is 0 Å². The molecule has 0 aromatic carbocycles. The minimum absolute atomic E-state index is 0.0433. The maximum atomic E-state index is 12.7.